The first-order valence-electron chi connectivity index (χ1n) is 13.4. The fraction of sp³-hybridized carbons (Fsp3) is 0.704. The maximum Gasteiger partial charge on any atom is 0.407 e. The minimum Gasteiger partial charge on any atom is -0.464 e. The number of alkyl carbamates (subject to hydrolysis) is 1. The van der Waals surface area contributed by atoms with Gasteiger partial charge >= 0.3 is 12.1 Å². The van der Waals surface area contributed by atoms with Crippen LogP contribution in [0, 0.1) is 0 Å². The molecule has 0 bridgehead atoms. The van der Waals surface area contributed by atoms with E-state index in [0.717, 1.165) is 25.7 Å². The molecule has 2 aliphatic rings. The maximum absolute atomic E-state index is 12.7. The molecule has 0 spiro atoms. The molecule has 37 heavy (non-hydrogen) atoms. The Hall–Kier alpha value is -2.88. The van der Waals surface area contributed by atoms with Crippen LogP contribution in [0.3, 0.4) is 0 Å². The predicted octanol–water partition coefficient (Wildman–Crippen LogP) is 2.99. The summed E-state index contributed by atoms with van der Waals surface area (Å²) >= 11 is 0. The van der Waals surface area contributed by atoms with E-state index in [9.17, 15) is 24.3 Å². The van der Waals surface area contributed by atoms with Gasteiger partial charge < -0.3 is 30.1 Å². The second-order valence-electron chi connectivity index (χ2n) is 9.24. The number of hydrogen-bond acceptors (Lipinski definition) is 7. The van der Waals surface area contributed by atoms with Crippen LogP contribution in [0.15, 0.2) is 25.3 Å². The van der Waals surface area contributed by atoms with E-state index in [1.807, 2.05) is 6.08 Å². The van der Waals surface area contributed by atoms with E-state index < -0.39 is 42.1 Å². The molecule has 10 nitrogen and oxygen atoms in total. The third-order valence-corrected chi connectivity index (χ3v) is 6.16. The highest BCUT2D eigenvalue weighted by atomic mass is 16.6. The van der Waals surface area contributed by atoms with Crippen molar-refractivity contribution in [3.63, 3.8) is 0 Å². The largest absolute Gasteiger partial charge is 0.464 e. The summed E-state index contributed by atoms with van der Waals surface area (Å²) in [6.07, 6.45) is 10.8. The number of amides is 3. The second kappa shape index (κ2) is 18.4. The number of aliphatic hydroxyl groups is 1. The fourth-order valence-corrected chi connectivity index (χ4v) is 4.22. The van der Waals surface area contributed by atoms with Crippen molar-refractivity contribution in [3.05, 3.63) is 25.3 Å². The molecule has 3 unspecified atom stereocenters. The van der Waals surface area contributed by atoms with Gasteiger partial charge in [-0.2, -0.15) is 0 Å². The Morgan fingerprint density at radius 2 is 1.81 bits per heavy atom. The van der Waals surface area contributed by atoms with E-state index in [1.54, 1.807) is 6.92 Å². The zero-order valence-electron chi connectivity index (χ0n) is 22.4. The van der Waals surface area contributed by atoms with Crippen molar-refractivity contribution in [2.45, 2.75) is 102 Å². The Morgan fingerprint density at radius 1 is 1.11 bits per heavy atom. The maximum atomic E-state index is 12.7. The van der Waals surface area contributed by atoms with Gasteiger partial charge in [0.25, 0.3) is 0 Å². The van der Waals surface area contributed by atoms with Crippen LogP contribution in [0.1, 0.15) is 78.1 Å². The van der Waals surface area contributed by atoms with Gasteiger partial charge in [0.2, 0.25) is 11.8 Å². The number of nitrogens with zero attached hydrogens (tertiary/aromatic N) is 1. The van der Waals surface area contributed by atoms with E-state index in [-0.39, 0.29) is 38.6 Å². The molecule has 1 aliphatic heterocycles. The van der Waals surface area contributed by atoms with Crippen molar-refractivity contribution in [1.29, 1.82) is 0 Å². The number of rotatable bonds is 13. The highest BCUT2D eigenvalue weighted by Gasteiger charge is 2.40. The van der Waals surface area contributed by atoms with Crippen LogP contribution in [0.4, 0.5) is 4.79 Å². The van der Waals surface area contributed by atoms with Crippen molar-refractivity contribution < 1.29 is 33.8 Å². The number of allylic oxidation sites excluding steroid dienone is 1. The summed E-state index contributed by atoms with van der Waals surface area (Å²) in [5, 5.41) is 14.9. The van der Waals surface area contributed by atoms with Crippen molar-refractivity contribution in [2.75, 3.05) is 19.7 Å². The van der Waals surface area contributed by atoms with Gasteiger partial charge in [0.15, 0.2) is 0 Å². The summed E-state index contributed by atoms with van der Waals surface area (Å²) in [7, 11) is 0. The van der Waals surface area contributed by atoms with Crippen LogP contribution in [0.25, 0.3) is 0 Å². The molecular weight excluding hydrogens is 478 g/mol. The number of carbonyl (C=O) groups excluding carboxylic acids is 4. The molecular formula is C27H45N3O7. The van der Waals surface area contributed by atoms with Crippen LogP contribution in [0.5, 0.6) is 0 Å². The van der Waals surface area contributed by atoms with Crippen LogP contribution < -0.4 is 10.6 Å². The third kappa shape index (κ3) is 12.3. The molecule has 1 heterocycles. The molecule has 2 fully saturated rings. The monoisotopic (exact) mass is 523 g/mol. The molecule has 0 aromatic heterocycles. The Kier molecular flexibility index (Phi) is 16.0. The van der Waals surface area contributed by atoms with E-state index in [4.69, 9.17) is 9.47 Å². The smallest absolute Gasteiger partial charge is 0.407 e. The Bertz CT molecular complexity index is 752. The van der Waals surface area contributed by atoms with Crippen molar-refractivity contribution in [1.82, 2.24) is 15.5 Å². The first-order valence-corrected chi connectivity index (χ1v) is 13.4. The molecule has 3 atom stereocenters. The normalized spacial score (nSPS) is 19.7. The summed E-state index contributed by atoms with van der Waals surface area (Å²) in [6, 6.07) is -1.88. The number of carbonyl (C=O) groups is 4. The lowest BCUT2D eigenvalue weighted by atomic mass is 10.1. The Morgan fingerprint density at radius 3 is 2.41 bits per heavy atom. The van der Waals surface area contributed by atoms with Crippen molar-refractivity contribution in [3.8, 4) is 0 Å². The van der Waals surface area contributed by atoms with Gasteiger partial charge in [0.1, 0.15) is 24.7 Å². The third-order valence-electron chi connectivity index (χ3n) is 6.16. The molecule has 10 heteroatoms. The number of nitrogens with one attached hydrogen (secondary N) is 2. The molecule has 1 saturated heterocycles. The molecule has 3 N–H and O–H groups in total. The number of unbranched alkanes of at least 4 members (excludes halogenated alkanes) is 3. The van der Waals surface area contributed by atoms with Gasteiger partial charge in [-0.1, -0.05) is 31.9 Å². The van der Waals surface area contributed by atoms with Gasteiger partial charge in [0.05, 0.1) is 12.7 Å². The topological polar surface area (TPSA) is 134 Å². The average Bonchev–Trinajstić information content (AvgIpc) is 3.52. The number of ether oxygens (including phenoxy) is 2. The zero-order chi connectivity index (χ0) is 27.6. The number of hydrogen-bond donors (Lipinski definition) is 3. The van der Waals surface area contributed by atoms with Crippen LogP contribution in [-0.2, 0) is 23.9 Å². The fourth-order valence-electron chi connectivity index (χ4n) is 4.22. The average molecular weight is 524 g/mol. The summed E-state index contributed by atoms with van der Waals surface area (Å²) in [5.41, 5.74) is 0. The SMILES string of the molecule is C=CCC(NC(=O)C1CC(O)CN1C(=O)CNC(=O)OC1CCCC1)C(=O)OCC.C=CCCCCC. The summed E-state index contributed by atoms with van der Waals surface area (Å²) in [5.74, 6) is -1.70. The van der Waals surface area contributed by atoms with E-state index in [1.165, 1.54) is 36.7 Å². The molecule has 1 aliphatic carbocycles. The lowest BCUT2D eigenvalue weighted by molar-refractivity contribution is -0.148. The van der Waals surface area contributed by atoms with E-state index >= 15 is 0 Å². The quantitative estimate of drug-likeness (QED) is 0.192. The summed E-state index contributed by atoms with van der Waals surface area (Å²) < 4.78 is 10.2. The van der Waals surface area contributed by atoms with E-state index in [2.05, 4.69) is 30.7 Å². The zero-order valence-corrected chi connectivity index (χ0v) is 22.4. The highest BCUT2D eigenvalue weighted by Crippen LogP contribution is 2.21. The molecule has 0 radical (unpaired) electrons. The second-order valence-corrected chi connectivity index (χ2v) is 9.24. The minimum absolute atomic E-state index is 0.0354. The number of esters is 1. The first-order chi connectivity index (χ1) is 17.8. The van der Waals surface area contributed by atoms with Gasteiger partial charge in [-0.25, -0.2) is 9.59 Å². The van der Waals surface area contributed by atoms with Gasteiger partial charge in [-0.15, -0.1) is 13.2 Å². The standard InChI is InChI=1S/C20H31N3O7.C7H14/c1-3-7-15(19(27)29-4-2)22-18(26)16-10-13(24)12-23(16)17(25)11-21-20(28)30-14-8-5-6-9-14;1-3-5-7-6-4-2/h3,13-16,24H,1,4-12H2,2H3,(H,21,28)(H,22,26);3H,1,4-7H2,2H3. The van der Waals surface area contributed by atoms with Crippen LogP contribution in [-0.4, -0.2) is 77.9 Å². The predicted molar refractivity (Wildman–Crippen MR) is 141 cm³/mol. The lowest BCUT2D eigenvalue weighted by Crippen LogP contribution is -2.52. The summed E-state index contributed by atoms with van der Waals surface area (Å²) in [4.78, 5) is 50.3. The highest BCUT2D eigenvalue weighted by molar-refractivity contribution is 5.92. The lowest BCUT2D eigenvalue weighted by Gasteiger charge is -2.25. The van der Waals surface area contributed by atoms with E-state index in [0.29, 0.717) is 0 Å². The number of β-amino-alcohol motifs (C(OH)–C–C–N with tert-alkyl or cyclic N) is 1. The minimum atomic E-state index is -0.957. The molecule has 210 valence electrons. The molecule has 2 rings (SSSR count). The molecule has 1 saturated carbocycles. The van der Waals surface area contributed by atoms with Crippen LogP contribution in [0.2, 0.25) is 0 Å². The van der Waals surface area contributed by atoms with Gasteiger partial charge in [0, 0.05) is 13.0 Å². The first kappa shape index (κ1) is 32.1. The van der Waals surface area contributed by atoms with Gasteiger partial charge in [-0.05, 0) is 51.9 Å². The Labute approximate surface area is 220 Å². The summed E-state index contributed by atoms with van der Waals surface area (Å²) in [6.45, 7) is 10.8. The van der Waals surface area contributed by atoms with Gasteiger partial charge in [-0.3, -0.25) is 9.59 Å². The number of likely N-dealkylation sites (tertiary alicyclic amines) is 1. The Balaban J connectivity index is 0.000000856. The van der Waals surface area contributed by atoms with Crippen molar-refractivity contribution in [2.24, 2.45) is 0 Å². The molecule has 3 amide bonds. The molecule has 0 aromatic rings. The van der Waals surface area contributed by atoms with Crippen molar-refractivity contribution >= 4 is 23.9 Å². The number of aliphatic hydroxyl groups excluding tert-OH is 1. The molecule has 0 aromatic carbocycles. The van der Waals surface area contributed by atoms with Crippen LogP contribution >= 0.6 is 0 Å².